The van der Waals surface area contributed by atoms with Gasteiger partial charge in [0.1, 0.15) is 19.6 Å². The van der Waals surface area contributed by atoms with Gasteiger partial charge in [-0.2, -0.15) is 0 Å². The van der Waals surface area contributed by atoms with Crippen molar-refractivity contribution < 1.29 is 24.0 Å². The van der Waals surface area contributed by atoms with Crippen LogP contribution < -0.4 is 10.2 Å². The summed E-state index contributed by atoms with van der Waals surface area (Å²) in [7, 11) is 0. The molecule has 1 heterocycles. The molecule has 0 bridgehead atoms. The summed E-state index contributed by atoms with van der Waals surface area (Å²) in [6, 6.07) is 15.4. The van der Waals surface area contributed by atoms with Crippen molar-refractivity contribution in [3.63, 3.8) is 0 Å². The molecule has 0 spiro atoms. The molecule has 2 aromatic carbocycles. The normalized spacial score (nSPS) is 15.4. The molecule has 0 unspecified atom stereocenters. The lowest BCUT2D eigenvalue weighted by atomic mass is 10.0. The minimum atomic E-state index is -0.487. The second-order valence-corrected chi connectivity index (χ2v) is 7.75. The lowest BCUT2D eigenvalue weighted by Gasteiger charge is -2.23. The smallest absolute Gasteiger partial charge is 0.338 e. The van der Waals surface area contributed by atoms with Gasteiger partial charge in [0, 0.05) is 5.56 Å². The number of hydrogen-bond donors (Lipinski definition) is 2. The fraction of sp³-hybridized carbons (Fsp3) is 0.417. The highest BCUT2D eigenvalue weighted by molar-refractivity contribution is 5.91. The number of ether oxygens (including phenoxy) is 2. The van der Waals surface area contributed by atoms with E-state index < -0.39 is 5.97 Å². The maximum absolute atomic E-state index is 12.3. The van der Waals surface area contributed by atoms with Gasteiger partial charge in [-0.15, -0.1) is 0 Å². The van der Waals surface area contributed by atoms with E-state index in [1.54, 1.807) is 12.1 Å². The second-order valence-electron chi connectivity index (χ2n) is 7.75. The molecule has 1 atom stereocenters. The van der Waals surface area contributed by atoms with Crippen LogP contribution in [-0.4, -0.2) is 44.8 Å². The van der Waals surface area contributed by atoms with E-state index >= 15 is 0 Å². The van der Waals surface area contributed by atoms with Gasteiger partial charge in [-0.1, -0.05) is 48.9 Å². The van der Waals surface area contributed by atoms with Crippen molar-refractivity contribution >= 4 is 11.9 Å². The monoisotopic (exact) mass is 411 g/mol. The Morgan fingerprint density at radius 1 is 1.07 bits per heavy atom. The SMILES string of the molecule is CC[C@@H](NC(=O)COC(=O)c1ccc(C[NH+]2CCOCC2)cc1)c1ccc(C)cc1. The van der Waals surface area contributed by atoms with Gasteiger partial charge in [-0.3, -0.25) is 4.79 Å². The summed E-state index contributed by atoms with van der Waals surface area (Å²) in [6.45, 7) is 8.26. The van der Waals surface area contributed by atoms with E-state index in [0.717, 1.165) is 44.8 Å². The van der Waals surface area contributed by atoms with E-state index in [9.17, 15) is 9.59 Å². The van der Waals surface area contributed by atoms with Crippen LogP contribution in [0, 0.1) is 6.92 Å². The number of carbonyl (C=O) groups is 2. The molecule has 3 rings (SSSR count). The Balaban J connectivity index is 1.46. The molecule has 0 saturated carbocycles. The van der Waals surface area contributed by atoms with Gasteiger partial charge in [0.25, 0.3) is 5.91 Å². The van der Waals surface area contributed by atoms with Crippen molar-refractivity contribution in [1.82, 2.24) is 5.32 Å². The Morgan fingerprint density at radius 2 is 1.73 bits per heavy atom. The molecule has 1 aliphatic rings. The van der Waals surface area contributed by atoms with E-state index in [1.807, 2.05) is 50.2 Å². The molecule has 1 aliphatic heterocycles. The first kappa shape index (κ1) is 22.0. The number of quaternary nitrogens is 1. The summed E-state index contributed by atoms with van der Waals surface area (Å²) < 4.78 is 10.6. The van der Waals surface area contributed by atoms with Gasteiger partial charge in [-0.05, 0) is 31.0 Å². The van der Waals surface area contributed by atoms with Crippen LogP contribution >= 0.6 is 0 Å². The van der Waals surface area contributed by atoms with Crippen LogP contribution in [-0.2, 0) is 20.8 Å². The molecule has 1 fully saturated rings. The molecular weight excluding hydrogens is 380 g/mol. The molecule has 30 heavy (non-hydrogen) atoms. The molecule has 2 N–H and O–H groups in total. The van der Waals surface area contributed by atoms with Gasteiger partial charge in [-0.25, -0.2) is 4.79 Å². The summed E-state index contributed by atoms with van der Waals surface area (Å²) in [4.78, 5) is 26.0. The highest BCUT2D eigenvalue weighted by Gasteiger charge is 2.17. The Morgan fingerprint density at radius 3 is 2.37 bits per heavy atom. The first-order chi connectivity index (χ1) is 14.5. The van der Waals surface area contributed by atoms with E-state index in [1.165, 1.54) is 16.0 Å². The van der Waals surface area contributed by atoms with Gasteiger partial charge in [0.15, 0.2) is 6.61 Å². The highest BCUT2D eigenvalue weighted by Crippen LogP contribution is 2.17. The third-order valence-electron chi connectivity index (χ3n) is 5.40. The van der Waals surface area contributed by atoms with Crippen LogP contribution in [0.5, 0.6) is 0 Å². The minimum absolute atomic E-state index is 0.0984. The maximum atomic E-state index is 12.3. The van der Waals surface area contributed by atoms with E-state index in [4.69, 9.17) is 9.47 Å². The fourth-order valence-corrected chi connectivity index (χ4v) is 3.55. The number of benzene rings is 2. The molecule has 6 nitrogen and oxygen atoms in total. The zero-order valence-corrected chi connectivity index (χ0v) is 17.8. The number of aryl methyl sites for hydroxylation is 1. The Kier molecular flexibility index (Phi) is 7.99. The maximum Gasteiger partial charge on any atom is 0.338 e. The number of rotatable bonds is 8. The van der Waals surface area contributed by atoms with Gasteiger partial charge in [0.2, 0.25) is 0 Å². The summed E-state index contributed by atoms with van der Waals surface area (Å²) in [5, 5.41) is 2.93. The van der Waals surface area contributed by atoms with Gasteiger partial charge < -0.3 is 19.7 Å². The van der Waals surface area contributed by atoms with Crippen LogP contribution in [0.15, 0.2) is 48.5 Å². The van der Waals surface area contributed by atoms with Gasteiger partial charge >= 0.3 is 5.97 Å². The zero-order chi connectivity index (χ0) is 21.3. The fourth-order valence-electron chi connectivity index (χ4n) is 3.55. The average Bonchev–Trinajstić information content (AvgIpc) is 2.78. The molecule has 1 saturated heterocycles. The number of esters is 1. The quantitative estimate of drug-likeness (QED) is 0.651. The minimum Gasteiger partial charge on any atom is -0.452 e. The molecule has 1 amide bonds. The summed E-state index contributed by atoms with van der Waals surface area (Å²) in [5.41, 5.74) is 3.84. The summed E-state index contributed by atoms with van der Waals surface area (Å²) >= 11 is 0. The lowest BCUT2D eigenvalue weighted by Crippen LogP contribution is -3.12. The summed E-state index contributed by atoms with van der Waals surface area (Å²) in [5.74, 6) is -0.790. The van der Waals surface area contributed by atoms with Crippen molar-refractivity contribution in [1.29, 1.82) is 0 Å². The lowest BCUT2D eigenvalue weighted by molar-refractivity contribution is -0.921. The number of hydrogen-bond acceptors (Lipinski definition) is 4. The third-order valence-corrected chi connectivity index (χ3v) is 5.40. The molecule has 6 heteroatoms. The topological polar surface area (TPSA) is 69.1 Å². The number of carbonyl (C=O) groups excluding carboxylic acids is 2. The van der Waals surface area contributed by atoms with Crippen molar-refractivity contribution in [2.45, 2.75) is 32.9 Å². The number of nitrogens with one attached hydrogen (secondary N) is 2. The number of amides is 1. The van der Waals surface area contributed by atoms with Crippen molar-refractivity contribution in [3.8, 4) is 0 Å². The molecular formula is C24H31N2O4+. The first-order valence-corrected chi connectivity index (χ1v) is 10.6. The van der Waals surface area contributed by atoms with Crippen LogP contribution in [0.2, 0.25) is 0 Å². The van der Waals surface area contributed by atoms with Crippen molar-refractivity contribution in [3.05, 3.63) is 70.8 Å². The van der Waals surface area contributed by atoms with E-state index in [0.29, 0.717) is 5.56 Å². The third kappa shape index (κ3) is 6.40. The standard InChI is InChI=1S/C24H30N2O4/c1-3-22(20-8-4-18(2)5-9-20)25-23(27)17-30-24(28)21-10-6-19(7-11-21)16-26-12-14-29-15-13-26/h4-11,22H,3,12-17H2,1-2H3,(H,25,27)/p+1/t22-/m1/s1. The zero-order valence-electron chi connectivity index (χ0n) is 17.8. The molecule has 0 aromatic heterocycles. The Hall–Kier alpha value is -2.70. The molecule has 160 valence electrons. The number of morpholine rings is 1. The molecule has 0 radical (unpaired) electrons. The second kappa shape index (κ2) is 10.9. The molecule has 0 aliphatic carbocycles. The Bertz CT molecular complexity index is 827. The van der Waals surface area contributed by atoms with Crippen molar-refractivity contribution in [2.24, 2.45) is 0 Å². The van der Waals surface area contributed by atoms with Crippen LogP contribution in [0.25, 0.3) is 0 Å². The van der Waals surface area contributed by atoms with E-state index in [2.05, 4.69) is 5.32 Å². The van der Waals surface area contributed by atoms with Crippen LogP contribution in [0.1, 0.15) is 46.4 Å². The Labute approximate surface area is 178 Å². The largest absolute Gasteiger partial charge is 0.452 e. The van der Waals surface area contributed by atoms with Crippen LogP contribution in [0.3, 0.4) is 0 Å². The predicted octanol–water partition coefficient (Wildman–Crippen LogP) is 1.83. The molecule has 2 aromatic rings. The van der Waals surface area contributed by atoms with Crippen molar-refractivity contribution in [2.75, 3.05) is 32.9 Å². The first-order valence-electron chi connectivity index (χ1n) is 10.6. The van der Waals surface area contributed by atoms with Gasteiger partial charge in [0.05, 0.1) is 24.8 Å². The highest BCUT2D eigenvalue weighted by atomic mass is 16.5. The predicted molar refractivity (Wildman–Crippen MR) is 114 cm³/mol. The average molecular weight is 412 g/mol. The summed E-state index contributed by atoms with van der Waals surface area (Å²) in [6.07, 6.45) is 0.759. The van der Waals surface area contributed by atoms with Crippen LogP contribution in [0.4, 0.5) is 0 Å². The van der Waals surface area contributed by atoms with E-state index in [-0.39, 0.29) is 18.6 Å².